The lowest BCUT2D eigenvalue weighted by Crippen LogP contribution is -2.25. The van der Waals surface area contributed by atoms with Gasteiger partial charge in [0.05, 0.1) is 11.9 Å². The van der Waals surface area contributed by atoms with E-state index in [1.54, 1.807) is 6.20 Å². The second-order valence-electron chi connectivity index (χ2n) is 3.99. The summed E-state index contributed by atoms with van der Waals surface area (Å²) in [4.78, 5) is 27.2. The van der Waals surface area contributed by atoms with Crippen molar-refractivity contribution in [3.05, 3.63) is 34.6 Å². The first-order valence-corrected chi connectivity index (χ1v) is 5.75. The van der Waals surface area contributed by atoms with Crippen molar-refractivity contribution in [2.45, 2.75) is 19.9 Å². The summed E-state index contributed by atoms with van der Waals surface area (Å²) in [5.41, 5.74) is 10.5. The molecule has 0 aromatic carbocycles. The third kappa shape index (κ3) is 2.32. The van der Waals surface area contributed by atoms with Crippen molar-refractivity contribution in [3.63, 3.8) is 0 Å². The number of anilines is 1. The fourth-order valence-corrected chi connectivity index (χ4v) is 1.70. The summed E-state index contributed by atoms with van der Waals surface area (Å²) in [5, 5.41) is 3.88. The van der Waals surface area contributed by atoms with Crippen LogP contribution in [0, 0.1) is 0 Å². The number of aromatic nitrogens is 4. The number of hydrogen-bond donors (Lipinski definition) is 2. The summed E-state index contributed by atoms with van der Waals surface area (Å²) in [5.74, 6) is -0.670. The van der Waals surface area contributed by atoms with Crippen molar-refractivity contribution in [2.75, 3.05) is 5.73 Å². The molecule has 8 nitrogen and oxygen atoms in total. The minimum Gasteiger partial charge on any atom is -0.396 e. The van der Waals surface area contributed by atoms with Crippen LogP contribution in [0.5, 0.6) is 0 Å². The number of primary amides is 1. The van der Waals surface area contributed by atoms with Gasteiger partial charge in [-0.15, -0.1) is 0 Å². The van der Waals surface area contributed by atoms with Crippen molar-refractivity contribution >= 4 is 11.6 Å². The lowest BCUT2D eigenvalue weighted by molar-refractivity contribution is 0.0996. The standard InChI is InChI=1S/C11H14N6O2/c1-2-4-16-5-3-14-10(11(16)19)17-6-7(12)8(15-17)9(13)18/h3,5-6H,2,4,12H2,1H3,(H2,13,18). The van der Waals surface area contributed by atoms with E-state index in [0.29, 0.717) is 6.54 Å². The summed E-state index contributed by atoms with van der Waals surface area (Å²) in [6.07, 6.45) is 5.25. The minimum absolute atomic E-state index is 0.0768. The summed E-state index contributed by atoms with van der Waals surface area (Å²) >= 11 is 0. The molecule has 2 aromatic rings. The molecule has 0 radical (unpaired) electrons. The van der Waals surface area contributed by atoms with Gasteiger partial charge in [-0.05, 0) is 6.42 Å². The van der Waals surface area contributed by atoms with E-state index in [2.05, 4.69) is 10.1 Å². The predicted octanol–water partition coefficient (Wildman–Crippen LogP) is -0.480. The predicted molar refractivity (Wildman–Crippen MR) is 68.8 cm³/mol. The number of carbonyl (C=O) groups excluding carboxylic acids is 1. The molecule has 2 rings (SSSR count). The Morgan fingerprint density at radius 3 is 2.79 bits per heavy atom. The van der Waals surface area contributed by atoms with Gasteiger partial charge in [-0.1, -0.05) is 6.92 Å². The highest BCUT2D eigenvalue weighted by Gasteiger charge is 2.15. The molecule has 8 heteroatoms. The first-order chi connectivity index (χ1) is 9.04. The van der Waals surface area contributed by atoms with Gasteiger partial charge in [0.1, 0.15) is 0 Å². The molecule has 0 unspecified atom stereocenters. The molecule has 100 valence electrons. The fraction of sp³-hybridized carbons (Fsp3) is 0.273. The molecule has 0 atom stereocenters. The highest BCUT2D eigenvalue weighted by atomic mass is 16.1. The molecule has 0 saturated carbocycles. The quantitative estimate of drug-likeness (QED) is 0.770. The maximum absolute atomic E-state index is 12.1. The average Bonchev–Trinajstić information content (AvgIpc) is 2.74. The van der Waals surface area contributed by atoms with E-state index in [0.717, 1.165) is 6.42 Å². The highest BCUT2D eigenvalue weighted by Crippen LogP contribution is 2.10. The molecular weight excluding hydrogens is 248 g/mol. The van der Waals surface area contributed by atoms with E-state index in [1.807, 2.05) is 6.92 Å². The van der Waals surface area contributed by atoms with Crippen LogP contribution in [0.2, 0.25) is 0 Å². The van der Waals surface area contributed by atoms with Crippen LogP contribution >= 0.6 is 0 Å². The normalized spacial score (nSPS) is 10.6. The second-order valence-corrected chi connectivity index (χ2v) is 3.99. The van der Waals surface area contributed by atoms with E-state index in [9.17, 15) is 9.59 Å². The molecule has 4 N–H and O–H groups in total. The monoisotopic (exact) mass is 262 g/mol. The van der Waals surface area contributed by atoms with Crippen LogP contribution in [-0.2, 0) is 6.54 Å². The van der Waals surface area contributed by atoms with Crippen molar-refractivity contribution in [1.29, 1.82) is 0 Å². The Morgan fingerprint density at radius 1 is 1.47 bits per heavy atom. The van der Waals surface area contributed by atoms with E-state index in [1.165, 1.54) is 21.6 Å². The zero-order valence-electron chi connectivity index (χ0n) is 10.4. The second kappa shape index (κ2) is 4.92. The largest absolute Gasteiger partial charge is 0.396 e. The molecular formula is C11H14N6O2. The summed E-state index contributed by atoms with van der Waals surface area (Å²) < 4.78 is 2.69. The summed E-state index contributed by atoms with van der Waals surface area (Å²) in [6, 6.07) is 0. The molecule has 0 spiro atoms. The Labute approximate surface area is 108 Å². The van der Waals surface area contributed by atoms with E-state index in [4.69, 9.17) is 11.5 Å². The Balaban J connectivity index is 2.53. The fourth-order valence-electron chi connectivity index (χ4n) is 1.70. The Hall–Kier alpha value is -2.64. The van der Waals surface area contributed by atoms with Gasteiger partial charge in [-0.3, -0.25) is 9.59 Å². The van der Waals surface area contributed by atoms with E-state index < -0.39 is 5.91 Å². The van der Waals surface area contributed by atoms with Crippen LogP contribution in [0.3, 0.4) is 0 Å². The van der Waals surface area contributed by atoms with Crippen molar-refractivity contribution < 1.29 is 4.79 Å². The van der Waals surface area contributed by atoms with Gasteiger partial charge >= 0.3 is 0 Å². The zero-order chi connectivity index (χ0) is 14.0. The molecule has 0 aliphatic rings. The third-order valence-corrected chi connectivity index (χ3v) is 2.55. The molecule has 1 amide bonds. The number of carbonyl (C=O) groups is 1. The van der Waals surface area contributed by atoms with E-state index >= 15 is 0 Å². The number of nitrogens with zero attached hydrogens (tertiary/aromatic N) is 4. The van der Waals surface area contributed by atoms with Crippen LogP contribution in [0.15, 0.2) is 23.4 Å². The summed E-state index contributed by atoms with van der Waals surface area (Å²) in [7, 11) is 0. The molecule has 0 aliphatic carbocycles. The van der Waals surface area contributed by atoms with Crippen molar-refractivity contribution in [2.24, 2.45) is 5.73 Å². The molecule has 2 heterocycles. The number of amides is 1. The van der Waals surface area contributed by atoms with Gasteiger partial charge in [0.25, 0.3) is 11.5 Å². The number of rotatable bonds is 4. The van der Waals surface area contributed by atoms with Crippen LogP contribution in [0.4, 0.5) is 5.69 Å². The minimum atomic E-state index is -0.749. The zero-order valence-corrected chi connectivity index (χ0v) is 10.4. The van der Waals surface area contributed by atoms with Gasteiger partial charge in [-0.25, -0.2) is 9.67 Å². The Kier molecular flexibility index (Phi) is 3.32. The number of aryl methyl sites for hydroxylation is 1. The molecule has 0 bridgehead atoms. The van der Waals surface area contributed by atoms with Crippen LogP contribution in [-0.4, -0.2) is 25.2 Å². The van der Waals surface area contributed by atoms with Crippen LogP contribution in [0.25, 0.3) is 5.82 Å². The Bertz CT molecular complexity index is 672. The first kappa shape index (κ1) is 12.8. The molecule has 19 heavy (non-hydrogen) atoms. The lowest BCUT2D eigenvalue weighted by atomic mass is 10.4. The van der Waals surface area contributed by atoms with E-state index in [-0.39, 0.29) is 22.8 Å². The molecule has 0 fully saturated rings. The van der Waals surface area contributed by atoms with Gasteiger partial charge in [0, 0.05) is 18.9 Å². The maximum Gasteiger partial charge on any atom is 0.295 e. The number of hydrogen-bond acceptors (Lipinski definition) is 5. The van der Waals surface area contributed by atoms with Crippen molar-refractivity contribution in [1.82, 2.24) is 19.3 Å². The topological polar surface area (TPSA) is 122 Å². The Morgan fingerprint density at radius 2 is 2.21 bits per heavy atom. The lowest BCUT2D eigenvalue weighted by Gasteiger charge is -2.05. The summed E-state index contributed by atoms with van der Waals surface area (Å²) in [6.45, 7) is 2.54. The smallest absolute Gasteiger partial charge is 0.295 e. The highest BCUT2D eigenvalue weighted by molar-refractivity contribution is 5.95. The first-order valence-electron chi connectivity index (χ1n) is 5.75. The van der Waals surface area contributed by atoms with Crippen LogP contribution < -0.4 is 17.0 Å². The number of nitrogen functional groups attached to an aromatic ring is 1. The van der Waals surface area contributed by atoms with Crippen LogP contribution in [0.1, 0.15) is 23.8 Å². The number of nitrogens with two attached hydrogens (primary N) is 2. The SMILES string of the molecule is CCCn1ccnc(-n2cc(N)c(C(N)=O)n2)c1=O. The van der Waals surface area contributed by atoms with Gasteiger partial charge in [-0.2, -0.15) is 5.10 Å². The molecule has 0 aliphatic heterocycles. The van der Waals surface area contributed by atoms with Crippen molar-refractivity contribution in [3.8, 4) is 5.82 Å². The molecule has 0 saturated heterocycles. The third-order valence-electron chi connectivity index (χ3n) is 2.55. The van der Waals surface area contributed by atoms with Gasteiger partial charge in [0.15, 0.2) is 5.69 Å². The maximum atomic E-state index is 12.1. The average molecular weight is 262 g/mol. The molecule has 2 aromatic heterocycles. The van der Waals surface area contributed by atoms with Gasteiger partial charge in [0.2, 0.25) is 5.82 Å². The van der Waals surface area contributed by atoms with Gasteiger partial charge < -0.3 is 16.0 Å².